The van der Waals surface area contributed by atoms with Crippen LogP contribution in [0.15, 0.2) is 59.7 Å². The smallest absolute Gasteiger partial charge is 0.229 e. The molecule has 0 unspecified atom stereocenters. The number of halogens is 1. The number of hydrogen-bond acceptors (Lipinski definition) is 12. The number of aryl methyl sites for hydroxylation is 1. The van der Waals surface area contributed by atoms with E-state index in [4.69, 9.17) is 14.5 Å². The van der Waals surface area contributed by atoms with Gasteiger partial charge < -0.3 is 29.6 Å². The van der Waals surface area contributed by atoms with Crippen LogP contribution in [-0.4, -0.2) is 100 Å². The maximum atomic E-state index is 13.5. The van der Waals surface area contributed by atoms with Gasteiger partial charge >= 0.3 is 0 Å². The summed E-state index contributed by atoms with van der Waals surface area (Å²) in [4.78, 5) is 23.5. The third-order valence-corrected chi connectivity index (χ3v) is 13.0. The van der Waals surface area contributed by atoms with Crippen LogP contribution in [0.2, 0.25) is 0 Å². The highest BCUT2D eigenvalue weighted by atomic mass is 79.9. The molecule has 1 spiro atoms. The summed E-state index contributed by atoms with van der Waals surface area (Å²) in [5.74, 6) is 1.56. The fourth-order valence-electron chi connectivity index (χ4n) is 7.84. The summed E-state index contributed by atoms with van der Waals surface area (Å²) in [5, 5.41) is 11.9. The van der Waals surface area contributed by atoms with Crippen LogP contribution in [0, 0.1) is 5.41 Å². The first kappa shape index (κ1) is 35.0. The topological polar surface area (TPSA) is 135 Å². The van der Waals surface area contributed by atoms with Crippen molar-refractivity contribution in [1.29, 1.82) is 0 Å². The number of fused-ring (bicyclic) bond motifs is 1. The van der Waals surface area contributed by atoms with Gasteiger partial charge in [-0.05, 0) is 91.6 Å². The Morgan fingerprint density at radius 1 is 0.962 bits per heavy atom. The molecule has 272 valence electrons. The molecule has 3 aliphatic rings. The van der Waals surface area contributed by atoms with E-state index < -0.39 is 7.14 Å². The predicted molar refractivity (Wildman–Crippen MR) is 209 cm³/mol. The van der Waals surface area contributed by atoms with Gasteiger partial charge in [-0.1, -0.05) is 0 Å². The summed E-state index contributed by atoms with van der Waals surface area (Å²) >= 11 is 3.61. The second-order valence-corrected chi connectivity index (χ2v) is 18.6. The SMILES string of the molecule is COc1cc(N2CCC3(CC2)CCN(C2COC2)CC3)c(-c2cnn(C)c2)cc1Nc1ncc(Br)c(Nc2ccc3nccnc3c2P(C)(C)=O)n1. The highest BCUT2D eigenvalue weighted by Gasteiger charge is 2.40. The molecule has 3 fully saturated rings. The maximum Gasteiger partial charge on any atom is 0.229 e. The number of likely N-dealkylation sites (tertiary alicyclic amines) is 1. The average Bonchev–Trinajstić information content (AvgIpc) is 3.55. The van der Waals surface area contributed by atoms with Crippen molar-refractivity contribution in [2.45, 2.75) is 31.7 Å². The molecule has 0 amide bonds. The highest BCUT2D eigenvalue weighted by molar-refractivity contribution is 9.10. The van der Waals surface area contributed by atoms with Crippen LogP contribution < -0.4 is 25.6 Å². The molecular formula is C37H44BrN10O3P. The molecule has 2 N–H and O–H groups in total. The molecule has 0 radical (unpaired) electrons. The van der Waals surface area contributed by atoms with E-state index in [-0.39, 0.29) is 0 Å². The van der Waals surface area contributed by atoms with Gasteiger partial charge in [0.05, 0.1) is 59.2 Å². The molecule has 8 rings (SSSR count). The molecule has 6 heterocycles. The van der Waals surface area contributed by atoms with Crippen LogP contribution in [0.3, 0.4) is 0 Å². The summed E-state index contributed by atoms with van der Waals surface area (Å²) < 4.78 is 27.5. The van der Waals surface area contributed by atoms with Crippen molar-refractivity contribution >= 4 is 68.2 Å². The Labute approximate surface area is 312 Å². The monoisotopic (exact) mass is 786 g/mol. The van der Waals surface area contributed by atoms with Gasteiger partial charge in [-0.2, -0.15) is 10.1 Å². The predicted octanol–water partition coefficient (Wildman–Crippen LogP) is 6.41. The van der Waals surface area contributed by atoms with Crippen LogP contribution in [0.5, 0.6) is 5.75 Å². The first-order valence-electron chi connectivity index (χ1n) is 17.7. The second kappa shape index (κ2) is 14.0. The standard InChI is InChI=1S/C37H44BrN10O3P/c1-46-21-24(19-42-46)26-17-30(32(50-2)18-31(26)48-15-9-37(10-16-48)7-13-47(14-8-37)25-22-51-23-25)44-36-41-20-27(38)35(45-36)43-29-6-5-28-33(40-12-11-39-28)34(29)52(3,4)49/h5-6,11-12,17-21,25H,7-10,13-16,22-23H2,1-4H3,(H2,41,43,44,45). The first-order chi connectivity index (χ1) is 25.1. The van der Waals surface area contributed by atoms with Crippen LogP contribution in [0.25, 0.3) is 22.2 Å². The van der Waals surface area contributed by atoms with E-state index in [0.717, 1.165) is 48.8 Å². The summed E-state index contributed by atoms with van der Waals surface area (Å²) in [6.07, 6.45) is 13.8. The van der Waals surface area contributed by atoms with Crippen LogP contribution in [0.4, 0.5) is 28.8 Å². The van der Waals surface area contributed by atoms with Gasteiger partial charge in [0.15, 0.2) is 0 Å². The van der Waals surface area contributed by atoms with Gasteiger partial charge in [0.25, 0.3) is 0 Å². The molecule has 15 heteroatoms. The molecule has 0 aliphatic carbocycles. The molecule has 5 aromatic rings. The Kier molecular flexibility index (Phi) is 9.44. The molecule has 0 bridgehead atoms. The average molecular weight is 788 g/mol. The molecule has 13 nitrogen and oxygen atoms in total. The number of nitrogens with zero attached hydrogens (tertiary/aromatic N) is 8. The van der Waals surface area contributed by atoms with E-state index in [2.05, 4.69) is 68.5 Å². The van der Waals surface area contributed by atoms with Gasteiger partial charge in [0, 0.05) is 67.8 Å². The molecule has 52 heavy (non-hydrogen) atoms. The van der Waals surface area contributed by atoms with Crippen molar-refractivity contribution in [1.82, 2.24) is 34.6 Å². The zero-order chi connectivity index (χ0) is 36.0. The molecule has 0 saturated carbocycles. The van der Waals surface area contributed by atoms with Crippen molar-refractivity contribution in [2.75, 3.05) is 75.4 Å². The van der Waals surface area contributed by atoms with Crippen molar-refractivity contribution in [2.24, 2.45) is 12.5 Å². The van der Waals surface area contributed by atoms with E-state index in [1.165, 1.54) is 38.8 Å². The Morgan fingerprint density at radius 3 is 2.38 bits per heavy atom. The first-order valence-corrected chi connectivity index (χ1v) is 21.1. The van der Waals surface area contributed by atoms with Gasteiger partial charge in [-0.15, -0.1) is 0 Å². The Bertz CT molecular complexity index is 2150. The third-order valence-electron chi connectivity index (χ3n) is 10.9. The number of benzene rings is 2. The molecule has 3 aromatic heterocycles. The lowest BCUT2D eigenvalue weighted by Gasteiger charge is -2.50. The normalized spacial score (nSPS) is 18.1. The highest BCUT2D eigenvalue weighted by Crippen LogP contribution is 2.47. The number of aromatic nitrogens is 6. The number of ether oxygens (including phenoxy) is 2. The van der Waals surface area contributed by atoms with Crippen molar-refractivity contribution < 1.29 is 14.0 Å². The van der Waals surface area contributed by atoms with Crippen LogP contribution in [-0.2, 0) is 16.3 Å². The molecule has 0 atom stereocenters. The minimum absolute atomic E-state index is 0.368. The zero-order valence-electron chi connectivity index (χ0n) is 30.0. The number of anilines is 5. The fourth-order valence-corrected chi connectivity index (χ4v) is 9.52. The van der Waals surface area contributed by atoms with E-state index in [1.807, 2.05) is 36.3 Å². The number of hydrogen-bond donors (Lipinski definition) is 2. The Morgan fingerprint density at radius 2 is 1.71 bits per heavy atom. The number of piperidine rings is 2. The van der Waals surface area contributed by atoms with Crippen LogP contribution >= 0.6 is 23.1 Å². The fraction of sp³-hybridized carbons (Fsp3) is 0.432. The molecular weight excluding hydrogens is 743 g/mol. The molecule has 2 aromatic carbocycles. The number of nitrogens with one attached hydrogen (secondary N) is 2. The van der Waals surface area contributed by atoms with E-state index >= 15 is 0 Å². The van der Waals surface area contributed by atoms with Crippen LogP contribution in [0.1, 0.15) is 25.7 Å². The minimum atomic E-state index is -2.77. The lowest BCUT2D eigenvalue weighted by molar-refractivity contribution is -0.0834. The summed E-state index contributed by atoms with van der Waals surface area (Å²) in [7, 11) is 0.856. The van der Waals surface area contributed by atoms with E-state index in [1.54, 1.807) is 39.0 Å². The maximum absolute atomic E-state index is 13.5. The quantitative estimate of drug-likeness (QED) is 0.160. The van der Waals surface area contributed by atoms with Crippen molar-refractivity contribution in [3.63, 3.8) is 0 Å². The van der Waals surface area contributed by atoms with Crippen molar-refractivity contribution in [3.8, 4) is 16.9 Å². The number of rotatable bonds is 9. The lowest BCUT2D eigenvalue weighted by atomic mass is 9.71. The van der Waals surface area contributed by atoms with Gasteiger partial charge in [0.2, 0.25) is 5.95 Å². The summed E-state index contributed by atoms with van der Waals surface area (Å²) in [6.45, 7) is 9.58. The Hall–Kier alpha value is -4.10. The summed E-state index contributed by atoms with van der Waals surface area (Å²) in [5.41, 5.74) is 6.28. The molecule has 3 aliphatic heterocycles. The largest absolute Gasteiger partial charge is 0.494 e. The van der Waals surface area contributed by atoms with Crippen molar-refractivity contribution in [3.05, 3.63) is 59.7 Å². The third kappa shape index (κ3) is 6.89. The van der Waals surface area contributed by atoms with E-state index in [9.17, 15) is 4.57 Å². The summed E-state index contributed by atoms with van der Waals surface area (Å²) in [6, 6.07) is 8.59. The van der Waals surface area contributed by atoms with Gasteiger partial charge in [-0.25, -0.2) is 4.98 Å². The minimum Gasteiger partial charge on any atom is -0.494 e. The van der Waals surface area contributed by atoms with Gasteiger partial charge in [-0.3, -0.25) is 19.5 Å². The lowest BCUT2D eigenvalue weighted by Crippen LogP contribution is -2.55. The van der Waals surface area contributed by atoms with Gasteiger partial charge in [0.1, 0.15) is 24.2 Å². The van der Waals surface area contributed by atoms with E-state index in [0.29, 0.717) is 55.5 Å². The number of methoxy groups -OCH3 is 1. The zero-order valence-corrected chi connectivity index (χ0v) is 32.5. The Balaban J connectivity index is 1.07. The second-order valence-electron chi connectivity index (χ2n) is 14.6. The molecule has 3 saturated heterocycles.